The lowest BCUT2D eigenvalue weighted by Crippen LogP contribution is -2.42. The van der Waals surface area contributed by atoms with Gasteiger partial charge < -0.3 is 10.0 Å². The van der Waals surface area contributed by atoms with Crippen LogP contribution in [0.15, 0.2) is 18.5 Å². The summed E-state index contributed by atoms with van der Waals surface area (Å²) in [6.45, 7) is 3.16. The Morgan fingerprint density at radius 2 is 2.41 bits per heavy atom. The van der Waals surface area contributed by atoms with E-state index in [9.17, 15) is 9.90 Å². The lowest BCUT2D eigenvalue weighted by Gasteiger charge is -2.34. The van der Waals surface area contributed by atoms with Crippen molar-refractivity contribution < 1.29 is 9.90 Å². The van der Waals surface area contributed by atoms with E-state index in [0.29, 0.717) is 12.1 Å². The molecule has 1 saturated heterocycles. The minimum absolute atomic E-state index is 0.0229. The minimum Gasteiger partial charge on any atom is -0.393 e. The molecule has 0 bridgehead atoms. The SMILES string of the molecule is CC(O)C1CCCN(C(=O)c2ccnnc2)C1. The molecule has 2 rings (SSSR count). The molecule has 1 aliphatic heterocycles. The quantitative estimate of drug-likeness (QED) is 0.819. The van der Waals surface area contributed by atoms with Crippen LogP contribution in [0.3, 0.4) is 0 Å². The number of piperidine rings is 1. The maximum absolute atomic E-state index is 12.1. The molecule has 1 amide bonds. The van der Waals surface area contributed by atoms with Crippen LogP contribution in [0.2, 0.25) is 0 Å². The van der Waals surface area contributed by atoms with Gasteiger partial charge in [-0.3, -0.25) is 4.79 Å². The zero-order valence-electron chi connectivity index (χ0n) is 9.91. The van der Waals surface area contributed by atoms with E-state index in [2.05, 4.69) is 10.2 Å². The van der Waals surface area contributed by atoms with Crippen molar-refractivity contribution in [3.8, 4) is 0 Å². The fraction of sp³-hybridized carbons (Fsp3) is 0.583. The number of aliphatic hydroxyl groups excluding tert-OH is 1. The molecule has 0 saturated carbocycles. The van der Waals surface area contributed by atoms with Crippen molar-refractivity contribution in [2.24, 2.45) is 5.92 Å². The standard InChI is InChI=1S/C12H17N3O2/c1-9(16)11-3-2-6-15(8-11)12(17)10-4-5-13-14-7-10/h4-5,7,9,11,16H,2-3,6,8H2,1H3. The number of likely N-dealkylation sites (tertiary alicyclic amines) is 1. The highest BCUT2D eigenvalue weighted by molar-refractivity contribution is 5.93. The number of carbonyl (C=O) groups excluding carboxylic acids is 1. The van der Waals surface area contributed by atoms with E-state index in [1.54, 1.807) is 17.9 Å². The highest BCUT2D eigenvalue weighted by Gasteiger charge is 2.26. The normalized spacial score (nSPS) is 22.2. The van der Waals surface area contributed by atoms with Crippen LogP contribution in [-0.2, 0) is 0 Å². The molecule has 1 aromatic rings. The van der Waals surface area contributed by atoms with Crippen LogP contribution < -0.4 is 0 Å². The number of nitrogens with zero attached hydrogens (tertiary/aromatic N) is 3. The second kappa shape index (κ2) is 5.23. The van der Waals surface area contributed by atoms with Gasteiger partial charge in [0.25, 0.3) is 5.91 Å². The summed E-state index contributed by atoms with van der Waals surface area (Å²) in [5.74, 6) is 0.160. The lowest BCUT2D eigenvalue weighted by atomic mass is 9.93. The van der Waals surface area contributed by atoms with E-state index in [1.807, 2.05) is 0 Å². The summed E-state index contributed by atoms with van der Waals surface area (Å²) < 4.78 is 0. The Morgan fingerprint density at radius 1 is 1.59 bits per heavy atom. The average molecular weight is 235 g/mol. The van der Waals surface area contributed by atoms with Crippen LogP contribution in [0.4, 0.5) is 0 Å². The van der Waals surface area contributed by atoms with E-state index in [-0.39, 0.29) is 17.9 Å². The maximum atomic E-state index is 12.1. The molecule has 0 aliphatic carbocycles. The molecule has 0 radical (unpaired) electrons. The monoisotopic (exact) mass is 235 g/mol. The second-order valence-electron chi connectivity index (χ2n) is 4.53. The number of hydrogen-bond acceptors (Lipinski definition) is 4. The third-order valence-electron chi connectivity index (χ3n) is 3.26. The van der Waals surface area contributed by atoms with Gasteiger partial charge in [0.05, 0.1) is 24.1 Å². The van der Waals surface area contributed by atoms with Gasteiger partial charge in [0, 0.05) is 19.0 Å². The van der Waals surface area contributed by atoms with Crippen LogP contribution in [0.25, 0.3) is 0 Å². The Bertz CT molecular complexity index is 381. The summed E-state index contributed by atoms with van der Waals surface area (Å²) in [6, 6.07) is 1.67. The summed E-state index contributed by atoms with van der Waals surface area (Å²) in [4.78, 5) is 13.9. The summed E-state index contributed by atoms with van der Waals surface area (Å²) in [5.41, 5.74) is 0.561. The summed E-state index contributed by atoms with van der Waals surface area (Å²) in [5, 5.41) is 17.0. The molecule has 0 aromatic carbocycles. The maximum Gasteiger partial charge on any atom is 0.255 e. The first-order chi connectivity index (χ1) is 8.18. The van der Waals surface area contributed by atoms with Crippen molar-refractivity contribution in [2.75, 3.05) is 13.1 Å². The van der Waals surface area contributed by atoms with Crippen molar-refractivity contribution in [3.05, 3.63) is 24.0 Å². The molecule has 2 atom stereocenters. The van der Waals surface area contributed by atoms with E-state index in [0.717, 1.165) is 19.4 Å². The van der Waals surface area contributed by atoms with Gasteiger partial charge >= 0.3 is 0 Å². The topological polar surface area (TPSA) is 66.3 Å². The Labute approximate surface area is 100 Å². The van der Waals surface area contributed by atoms with E-state index < -0.39 is 0 Å². The van der Waals surface area contributed by atoms with Crippen LogP contribution in [0, 0.1) is 5.92 Å². The molecular formula is C12H17N3O2. The first-order valence-electron chi connectivity index (χ1n) is 5.92. The third kappa shape index (κ3) is 2.79. The van der Waals surface area contributed by atoms with Crippen molar-refractivity contribution in [2.45, 2.75) is 25.9 Å². The Kier molecular flexibility index (Phi) is 3.68. The summed E-state index contributed by atoms with van der Waals surface area (Å²) in [7, 11) is 0. The molecule has 92 valence electrons. The van der Waals surface area contributed by atoms with Gasteiger partial charge in [0.2, 0.25) is 0 Å². The predicted molar refractivity (Wildman–Crippen MR) is 62.3 cm³/mol. The van der Waals surface area contributed by atoms with E-state index >= 15 is 0 Å². The molecule has 2 heterocycles. The Morgan fingerprint density at radius 3 is 3.06 bits per heavy atom. The summed E-state index contributed by atoms with van der Waals surface area (Å²) >= 11 is 0. The Balaban J connectivity index is 2.05. The van der Waals surface area contributed by atoms with Crippen molar-refractivity contribution in [1.82, 2.24) is 15.1 Å². The van der Waals surface area contributed by atoms with Gasteiger partial charge in [-0.15, -0.1) is 0 Å². The van der Waals surface area contributed by atoms with Crippen molar-refractivity contribution in [1.29, 1.82) is 0 Å². The molecule has 2 unspecified atom stereocenters. The van der Waals surface area contributed by atoms with Gasteiger partial charge in [-0.2, -0.15) is 10.2 Å². The van der Waals surface area contributed by atoms with Crippen LogP contribution in [-0.4, -0.2) is 45.3 Å². The van der Waals surface area contributed by atoms with Crippen LogP contribution in [0.1, 0.15) is 30.1 Å². The molecule has 1 aromatic heterocycles. The van der Waals surface area contributed by atoms with E-state index in [1.165, 1.54) is 12.4 Å². The first kappa shape index (κ1) is 12.0. The highest BCUT2D eigenvalue weighted by Crippen LogP contribution is 2.20. The smallest absolute Gasteiger partial charge is 0.255 e. The number of rotatable bonds is 2. The molecule has 0 spiro atoms. The zero-order valence-corrected chi connectivity index (χ0v) is 9.91. The molecule has 5 nitrogen and oxygen atoms in total. The van der Waals surface area contributed by atoms with E-state index in [4.69, 9.17) is 0 Å². The first-order valence-corrected chi connectivity index (χ1v) is 5.92. The average Bonchev–Trinajstić information content (AvgIpc) is 2.39. The molecule has 5 heteroatoms. The number of aromatic nitrogens is 2. The van der Waals surface area contributed by atoms with Gasteiger partial charge in [-0.05, 0) is 25.8 Å². The molecule has 1 aliphatic rings. The summed E-state index contributed by atoms with van der Waals surface area (Å²) in [6.07, 6.45) is 4.56. The van der Waals surface area contributed by atoms with Crippen molar-refractivity contribution in [3.63, 3.8) is 0 Å². The Hall–Kier alpha value is -1.49. The number of carbonyl (C=O) groups is 1. The molecule has 17 heavy (non-hydrogen) atoms. The highest BCUT2D eigenvalue weighted by atomic mass is 16.3. The lowest BCUT2D eigenvalue weighted by molar-refractivity contribution is 0.0465. The molecule has 1 fully saturated rings. The van der Waals surface area contributed by atoms with Gasteiger partial charge in [0.15, 0.2) is 0 Å². The second-order valence-corrected chi connectivity index (χ2v) is 4.53. The van der Waals surface area contributed by atoms with Crippen molar-refractivity contribution >= 4 is 5.91 Å². The van der Waals surface area contributed by atoms with Gasteiger partial charge in [-0.25, -0.2) is 0 Å². The predicted octanol–water partition coefficient (Wildman–Crippen LogP) is 0.710. The third-order valence-corrected chi connectivity index (χ3v) is 3.26. The number of hydrogen-bond donors (Lipinski definition) is 1. The van der Waals surface area contributed by atoms with Crippen LogP contribution >= 0.6 is 0 Å². The van der Waals surface area contributed by atoms with Crippen LogP contribution in [0.5, 0.6) is 0 Å². The molecular weight excluding hydrogens is 218 g/mol. The fourth-order valence-corrected chi connectivity index (χ4v) is 2.19. The van der Waals surface area contributed by atoms with Gasteiger partial charge in [-0.1, -0.05) is 0 Å². The van der Waals surface area contributed by atoms with Gasteiger partial charge in [0.1, 0.15) is 0 Å². The number of aliphatic hydroxyl groups is 1. The molecule has 1 N–H and O–H groups in total. The number of amides is 1. The fourth-order valence-electron chi connectivity index (χ4n) is 2.19. The minimum atomic E-state index is -0.360. The zero-order chi connectivity index (χ0) is 12.3. The largest absolute Gasteiger partial charge is 0.393 e.